The maximum atomic E-state index is 12.3. The van der Waals surface area contributed by atoms with Gasteiger partial charge in [0, 0.05) is 18.1 Å². The summed E-state index contributed by atoms with van der Waals surface area (Å²) >= 11 is 3.04. The highest BCUT2D eigenvalue weighted by molar-refractivity contribution is 9.10. The summed E-state index contributed by atoms with van der Waals surface area (Å²) in [6.45, 7) is 0.121. The van der Waals surface area contributed by atoms with Gasteiger partial charge >= 0.3 is 6.36 Å². The van der Waals surface area contributed by atoms with Gasteiger partial charge in [-0.2, -0.15) is 0 Å². The minimum Gasteiger partial charge on any atom is -0.404 e. The monoisotopic (exact) mass is 370 g/mol. The quantitative estimate of drug-likeness (QED) is 0.807. The van der Waals surface area contributed by atoms with Gasteiger partial charge < -0.3 is 20.5 Å². The van der Waals surface area contributed by atoms with Crippen LogP contribution in [0.15, 0.2) is 22.7 Å². The third-order valence-electron chi connectivity index (χ3n) is 2.45. The first-order valence-electron chi connectivity index (χ1n) is 5.83. The van der Waals surface area contributed by atoms with E-state index in [2.05, 4.69) is 26.0 Å². The van der Waals surface area contributed by atoms with Gasteiger partial charge in [-0.3, -0.25) is 4.79 Å². The highest BCUT2D eigenvalue weighted by Crippen LogP contribution is 2.33. The van der Waals surface area contributed by atoms with Crippen LogP contribution in [-0.4, -0.2) is 32.0 Å². The van der Waals surface area contributed by atoms with Crippen molar-refractivity contribution in [3.05, 3.63) is 22.7 Å². The molecule has 0 radical (unpaired) electrons. The maximum absolute atomic E-state index is 12.3. The van der Waals surface area contributed by atoms with Crippen molar-refractivity contribution in [1.82, 2.24) is 0 Å². The number of methoxy groups -OCH3 is 1. The second-order valence-electron chi connectivity index (χ2n) is 4.03. The molecule has 9 heteroatoms. The highest BCUT2D eigenvalue weighted by atomic mass is 79.9. The van der Waals surface area contributed by atoms with E-state index in [1.54, 1.807) is 0 Å². The first kappa shape index (κ1) is 17.7. The van der Waals surface area contributed by atoms with Crippen LogP contribution in [0.4, 0.5) is 18.9 Å². The number of hydrogen-bond donors (Lipinski definition) is 2. The van der Waals surface area contributed by atoms with Gasteiger partial charge in [0.1, 0.15) is 0 Å². The fraction of sp³-hybridized carbons (Fsp3) is 0.417. The Bertz CT molecular complexity index is 493. The Hall–Kier alpha value is -1.32. The van der Waals surface area contributed by atoms with E-state index in [1.807, 2.05) is 0 Å². The first-order valence-corrected chi connectivity index (χ1v) is 6.62. The number of halogens is 4. The van der Waals surface area contributed by atoms with Crippen molar-refractivity contribution in [2.75, 3.05) is 19.0 Å². The van der Waals surface area contributed by atoms with Crippen molar-refractivity contribution in [1.29, 1.82) is 0 Å². The molecule has 0 saturated heterocycles. The molecule has 0 aromatic heterocycles. The largest absolute Gasteiger partial charge is 0.573 e. The fourth-order valence-corrected chi connectivity index (χ4v) is 1.82. The van der Waals surface area contributed by atoms with Crippen LogP contribution in [0.3, 0.4) is 0 Å². The molecule has 1 amide bonds. The van der Waals surface area contributed by atoms with Gasteiger partial charge in [0.05, 0.1) is 18.2 Å². The predicted molar refractivity (Wildman–Crippen MR) is 73.9 cm³/mol. The summed E-state index contributed by atoms with van der Waals surface area (Å²) in [5, 5.41) is 2.34. The predicted octanol–water partition coefficient (Wildman–Crippen LogP) is 2.65. The highest BCUT2D eigenvalue weighted by Gasteiger charge is 2.32. The van der Waals surface area contributed by atoms with E-state index in [-0.39, 0.29) is 18.7 Å². The summed E-state index contributed by atoms with van der Waals surface area (Å²) < 4.78 is 46.2. The molecular formula is C12H14BrF3N2O3. The molecule has 0 aliphatic carbocycles. The summed E-state index contributed by atoms with van der Waals surface area (Å²) in [6.07, 6.45) is -5.44. The molecule has 0 aliphatic heterocycles. The van der Waals surface area contributed by atoms with Gasteiger partial charge in [-0.05, 0) is 18.2 Å². The lowest BCUT2D eigenvalue weighted by Gasteiger charge is -2.16. The molecule has 0 spiro atoms. The van der Waals surface area contributed by atoms with E-state index in [4.69, 9.17) is 10.5 Å². The molecule has 1 rings (SSSR count). The number of nitrogens with one attached hydrogen (secondary N) is 1. The Morgan fingerprint density at radius 3 is 2.67 bits per heavy atom. The van der Waals surface area contributed by atoms with Crippen molar-refractivity contribution in [2.45, 2.75) is 18.9 Å². The molecule has 0 aliphatic rings. The molecule has 1 aromatic rings. The minimum absolute atomic E-state index is 0.0749. The van der Waals surface area contributed by atoms with Crippen molar-refractivity contribution in [3.8, 4) is 5.75 Å². The van der Waals surface area contributed by atoms with E-state index >= 15 is 0 Å². The summed E-state index contributed by atoms with van der Waals surface area (Å²) in [5.41, 5.74) is 5.28. The average Bonchev–Trinajstić information content (AvgIpc) is 2.37. The zero-order chi connectivity index (χ0) is 16.0. The number of benzene rings is 1. The molecule has 1 atom stereocenters. The third kappa shape index (κ3) is 6.32. The standard InChI is InChI=1S/C12H14BrF3N2O3/c1-20-8(6-17)5-11(19)18-9-3-2-7(13)4-10(9)21-12(14,15)16/h2-4,8H,5-6,17H2,1H3,(H,18,19). The molecule has 0 heterocycles. The topological polar surface area (TPSA) is 73.6 Å². The molecule has 3 N–H and O–H groups in total. The zero-order valence-electron chi connectivity index (χ0n) is 11.0. The molecular weight excluding hydrogens is 357 g/mol. The van der Waals surface area contributed by atoms with Crippen LogP contribution in [-0.2, 0) is 9.53 Å². The summed E-state index contributed by atoms with van der Waals surface area (Å²) in [6, 6.07) is 3.89. The molecule has 0 fully saturated rings. The zero-order valence-corrected chi connectivity index (χ0v) is 12.6. The second-order valence-corrected chi connectivity index (χ2v) is 4.95. The van der Waals surface area contributed by atoms with Gasteiger partial charge in [0.15, 0.2) is 5.75 Å². The SMILES string of the molecule is COC(CN)CC(=O)Nc1ccc(Br)cc1OC(F)(F)F. The van der Waals surface area contributed by atoms with Crippen LogP contribution in [0.5, 0.6) is 5.75 Å². The van der Waals surface area contributed by atoms with Crippen molar-refractivity contribution in [3.63, 3.8) is 0 Å². The number of nitrogens with two attached hydrogens (primary N) is 1. The van der Waals surface area contributed by atoms with Crippen molar-refractivity contribution < 1.29 is 27.4 Å². The Labute approximate surface area is 127 Å². The molecule has 1 unspecified atom stereocenters. The molecule has 0 bridgehead atoms. The number of hydrogen-bond acceptors (Lipinski definition) is 4. The Morgan fingerprint density at radius 1 is 1.48 bits per heavy atom. The van der Waals surface area contributed by atoms with Crippen molar-refractivity contribution >= 4 is 27.5 Å². The van der Waals surface area contributed by atoms with Gasteiger partial charge in [0.25, 0.3) is 0 Å². The lowest BCUT2D eigenvalue weighted by Crippen LogP contribution is -2.28. The van der Waals surface area contributed by atoms with Crippen LogP contribution in [0, 0.1) is 0 Å². The van der Waals surface area contributed by atoms with E-state index in [1.165, 1.54) is 19.2 Å². The number of ether oxygens (including phenoxy) is 2. The van der Waals surface area contributed by atoms with E-state index < -0.39 is 24.1 Å². The molecule has 21 heavy (non-hydrogen) atoms. The van der Waals surface area contributed by atoms with E-state index in [0.717, 1.165) is 6.07 Å². The number of amides is 1. The number of carbonyl (C=O) groups excluding carboxylic acids is 1. The molecule has 0 saturated carbocycles. The second kappa shape index (κ2) is 7.62. The summed E-state index contributed by atoms with van der Waals surface area (Å²) in [4.78, 5) is 11.7. The fourth-order valence-electron chi connectivity index (χ4n) is 1.48. The number of alkyl halides is 3. The van der Waals surface area contributed by atoms with Gasteiger partial charge in [-0.25, -0.2) is 0 Å². The van der Waals surface area contributed by atoms with Gasteiger partial charge in [0.2, 0.25) is 5.91 Å². The average molecular weight is 371 g/mol. The molecule has 5 nitrogen and oxygen atoms in total. The Kier molecular flexibility index (Phi) is 6.43. The number of anilines is 1. The van der Waals surface area contributed by atoms with Crippen LogP contribution in [0.25, 0.3) is 0 Å². The lowest BCUT2D eigenvalue weighted by molar-refractivity contribution is -0.274. The van der Waals surface area contributed by atoms with E-state index in [0.29, 0.717) is 4.47 Å². The molecule has 1 aromatic carbocycles. The van der Waals surface area contributed by atoms with Crippen LogP contribution in [0.2, 0.25) is 0 Å². The summed E-state index contributed by atoms with van der Waals surface area (Å²) in [7, 11) is 1.39. The Balaban J connectivity index is 2.85. The lowest BCUT2D eigenvalue weighted by atomic mass is 10.2. The van der Waals surface area contributed by atoms with Crippen LogP contribution < -0.4 is 15.8 Å². The van der Waals surface area contributed by atoms with Crippen molar-refractivity contribution in [2.24, 2.45) is 5.73 Å². The van der Waals surface area contributed by atoms with Crippen LogP contribution >= 0.6 is 15.9 Å². The number of carbonyl (C=O) groups is 1. The Morgan fingerprint density at radius 2 is 2.14 bits per heavy atom. The molecule has 118 valence electrons. The van der Waals surface area contributed by atoms with Gasteiger partial charge in [-0.15, -0.1) is 13.2 Å². The first-order chi connectivity index (χ1) is 9.75. The smallest absolute Gasteiger partial charge is 0.404 e. The third-order valence-corrected chi connectivity index (χ3v) is 2.95. The summed E-state index contributed by atoms with van der Waals surface area (Å²) in [5.74, 6) is -1.03. The normalized spacial score (nSPS) is 12.9. The maximum Gasteiger partial charge on any atom is 0.573 e. The minimum atomic E-state index is -4.85. The van der Waals surface area contributed by atoms with Crippen LogP contribution in [0.1, 0.15) is 6.42 Å². The van der Waals surface area contributed by atoms with E-state index in [9.17, 15) is 18.0 Å². The number of rotatable bonds is 6. The van der Waals surface area contributed by atoms with Gasteiger partial charge in [-0.1, -0.05) is 15.9 Å².